The quantitative estimate of drug-likeness (QED) is 0.0376. The average Bonchev–Trinajstić information content (AvgIpc) is 3.42. The molecule has 7 N–H and O–H groups in total. The highest BCUT2D eigenvalue weighted by Crippen LogP contribution is 2.37. The van der Waals surface area contributed by atoms with Crippen LogP contribution in [0, 0.1) is 24.1 Å². The van der Waals surface area contributed by atoms with Crippen molar-refractivity contribution < 1.29 is 34.4 Å². The number of nitriles is 1. The number of aromatic hydroxyl groups is 4. The number of aromatic nitrogens is 12. The summed E-state index contributed by atoms with van der Waals surface area (Å²) in [5.74, 6) is -1.72. The molecule has 0 radical (unpaired) electrons. The number of phenols is 3. The van der Waals surface area contributed by atoms with Crippen molar-refractivity contribution in [2.24, 2.45) is 46.6 Å². The first kappa shape index (κ1) is 62.2. The molecule has 0 saturated carbocycles. The van der Waals surface area contributed by atoms with Crippen LogP contribution in [-0.2, 0) is 4.79 Å². The minimum atomic E-state index is -0.742. The number of carbonyl (C=O) groups excluding carboxylic acids is 2. The van der Waals surface area contributed by atoms with E-state index in [1.807, 2.05) is 12.5 Å². The van der Waals surface area contributed by atoms with Crippen molar-refractivity contribution in [3.63, 3.8) is 0 Å². The van der Waals surface area contributed by atoms with Crippen LogP contribution in [-0.4, -0.2) is 102 Å². The Morgan fingerprint density at radius 3 is 1.80 bits per heavy atom. The number of hydrogen-bond acceptors (Lipinski definition) is 33. The molecule has 3 aromatic carbocycles. The molecule has 29 nitrogen and oxygen atoms in total. The number of rotatable bonds is 12. The minimum Gasteiger partial charge on any atom is -0.507 e. The number of aryl methyl sites for hydroxylation is 1. The Balaban J connectivity index is 0.000000140. The SMILES string of the molecule is CC(=O)Nc1nc(N=Nc2snc3nccnc23)ccc1O.CSc1nc2nsc(N=Nc3ccc(O)c(Cl)c3)c2cc1C#N.CSc1ncc2c(N=Nc3ccc(O)c(F)c3)snc2n1.Cc1ncc2c(N=Nc3ccc(O)c(C(N)=O)c3)snc2n1. The number of fused-ring (bicyclic) bond motifs is 4. The zero-order valence-electron chi connectivity index (χ0n) is 45.0. The maximum Gasteiger partial charge on any atom is 0.252 e. The maximum atomic E-state index is 13.2. The van der Waals surface area contributed by atoms with Crippen molar-refractivity contribution >= 4 is 186 Å². The molecular weight excluding hydrogens is 1280 g/mol. The van der Waals surface area contributed by atoms with Gasteiger partial charge in [0.25, 0.3) is 5.91 Å². The van der Waals surface area contributed by atoms with E-state index >= 15 is 0 Å². The van der Waals surface area contributed by atoms with Crippen LogP contribution < -0.4 is 11.1 Å². The molecular formula is C51H35ClFN23O6S6. The Hall–Kier alpha value is -10.3. The van der Waals surface area contributed by atoms with Crippen LogP contribution in [0.5, 0.6) is 23.0 Å². The number of pyridine rings is 2. The Kier molecular flexibility index (Phi) is 20.3. The van der Waals surface area contributed by atoms with Crippen LogP contribution in [0.15, 0.2) is 149 Å². The highest BCUT2D eigenvalue weighted by atomic mass is 35.5. The molecule has 0 bridgehead atoms. The number of benzene rings is 3. The number of amides is 2. The van der Waals surface area contributed by atoms with Gasteiger partial charge >= 0.3 is 0 Å². The highest BCUT2D eigenvalue weighted by Gasteiger charge is 2.15. The van der Waals surface area contributed by atoms with E-state index < -0.39 is 17.5 Å². The fourth-order valence-corrected chi connectivity index (χ4v) is 10.3. The number of nitrogens with one attached hydrogen (secondary N) is 1. The Labute approximate surface area is 522 Å². The first-order chi connectivity index (χ1) is 42.5. The van der Waals surface area contributed by atoms with E-state index in [0.717, 1.165) is 52.2 Å². The summed E-state index contributed by atoms with van der Waals surface area (Å²) in [6.45, 7) is 3.10. The predicted molar refractivity (Wildman–Crippen MR) is 331 cm³/mol. The van der Waals surface area contributed by atoms with Gasteiger partial charge in [-0.2, -0.15) is 22.8 Å². The van der Waals surface area contributed by atoms with Crippen molar-refractivity contribution in [1.29, 1.82) is 5.26 Å². The smallest absolute Gasteiger partial charge is 0.252 e. The van der Waals surface area contributed by atoms with Gasteiger partial charge in [-0.25, -0.2) is 44.3 Å². The van der Waals surface area contributed by atoms with Crippen molar-refractivity contribution in [1.82, 2.24) is 57.4 Å². The molecule has 2 amide bonds. The number of phenolic OH excluding ortho intramolecular Hbond substituents is 2. The topological polar surface area (TPSA) is 430 Å². The minimum absolute atomic E-state index is 0.00966. The zero-order valence-corrected chi connectivity index (χ0v) is 50.7. The summed E-state index contributed by atoms with van der Waals surface area (Å²) < 4.78 is 29.9. The van der Waals surface area contributed by atoms with E-state index in [1.54, 1.807) is 43.8 Å². The van der Waals surface area contributed by atoms with Gasteiger partial charge in [0.05, 0.1) is 49.4 Å². The van der Waals surface area contributed by atoms with Gasteiger partial charge < -0.3 is 31.5 Å². The number of thioether (sulfide) groups is 2. The summed E-state index contributed by atoms with van der Waals surface area (Å²) in [5, 5.41) is 87.3. The molecule has 0 fully saturated rings. The first-order valence-corrected chi connectivity index (χ1v) is 30.2. The lowest BCUT2D eigenvalue weighted by Crippen LogP contribution is -2.10. The van der Waals surface area contributed by atoms with Gasteiger partial charge in [0, 0.05) is 37.8 Å². The van der Waals surface area contributed by atoms with E-state index in [1.165, 1.54) is 85.0 Å². The second kappa shape index (κ2) is 28.7. The van der Waals surface area contributed by atoms with Crippen molar-refractivity contribution in [2.45, 2.75) is 24.0 Å². The van der Waals surface area contributed by atoms with Crippen LogP contribution in [0.4, 0.5) is 53.1 Å². The van der Waals surface area contributed by atoms with E-state index in [2.05, 4.69) is 110 Å². The second-order valence-electron chi connectivity index (χ2n) is 16.8. The Morgan fingerprint density at radius 2 is 1.17 bits per heavy atom. The van der Waals surface area contributed by atoms with Crippen molar-refractivity contribution in [3.05, 3.63) is 125 Å². The largest absolute Gasteiger partial charge is 0.507 e. The normalized spacial score (nSPS) is 11.3. The Morgan fingerprint density at radius 1 is 0.614 bits per heavy atom. The third kappa shape index (κ3) is 15.6. The number of carbonyl (C=O) groups is 2. The molecule has 12 rings (SSSR count). The van der Waals surface area contributed by atoms with Crippen LogP contribution in [0.2, 0.25) is 5.02 Å². The number of hydrogen-bond donors (Lipinski definition) is 6. The fraction of sp³-hybridized carbons (Fsp3) is 0.0784. The van der Waals surface area contributed by atoms with Crippen LogP contribution in [0.3, 0.4) is 0 Å². The zero-order chi connectivity index (χ0) is 62.4. The van der Waals surface area contributed by atoms with Gasteiger partial charge in [-0.3, -0.25) is 9.59 Å². The summed E-state index contributed by atoms with van der Waals surface area (Å²) in [7, 11) is 0. The van der Waals surface area contributed by atoms with E-state index in [-0.39, 0.29) is 45.4 Å². The highest BCUT2D eigenvalue weighted by molar-refractivity contribution is 7.98. The average molecular weight is 1310 g/mol. The number of azo groups is 4. The molecule has 0 saturated heterocycles. The van der Waals surface area contributed by atoms with Crippen molar-refractivity contribution in [2.75, 3.05) is 17.8 Å². The maximum absolute atomic E-state index is 13.2. The molecule has 9 heterocycles. The van der Waals surface area contributed by atoms with Gasteiger partial charge in [0.15, 0.2) is 76.7 Å². The van der Waals surface area contributed by atoms with Gasteiger partial charge in [-0.1, -0.05) is 23.4 Å². The van der Waals surface area contributed by atoms with Gasteiger partial charge in [0.2, 0.25) is 5.91 Å². The van der Waals surface area contributed by atoms with Gasteiger partial charge in [0.1, 0.15) is 33.9 Å². The lowest BCUT2D eigenvalue weighted by Gasteiger charge is -2.03. The first-order valence-electron chi connectivity index (χ1n) is 24.3. The number of nitrogens with two attached hydrogens (primary N) is 1. The number of halogens is 2. The lowest BCUT2D eigenvalue weighted by atomic mass is 10.2. The standard InChI is InChI=1S/C14H8ClN5OS2.C13H10N6O2S.C12H8FN5OS2.C12H9N7O2S/c1-22-13-7(6-16)4-9-12(17-13)20-23-14(9)19-18-8-2-3-11(21)10(15)5-8;1-6-15-5-9-12(16-6)19-22-13(9)18-17-7-2-3-10(20)8(4-7)11(14)21;1-20-12-14-5-7-10(15-12)18-21-11(7)17-16-6-2-3-9(19)8(13)4-6;1-6(20)15-10-7(21)2-3-8(16-10)17-18-12-9-11(19-22-12)14-5-4-13-9/h2-5,21H,1H3;2-5,20H,1H3,(H2,14,21);2-5,19H,1H3;2-5,21H,1H3,(H,15,16,20). The monoisotopic (exact) mass is 1310 g/mol. The molecule has 0 aliphatic rings. The predicted octanol–water partition coefficient (Wildman–Crippen LogP) is 14.3. The van der Waals surface area contributed by atoms with Crippen LogP contribution in [0.1, 0.15) is 28.7 Å². The molecule has 440 valence electrons. The summed E-state index contributed by atoms with van der Waals surface area (Å²) >= 11 is 13.2. The molecule has 37 heteroatoms. The summed E-state index contributed by atoms with van der Waals surface area (Å²) in [4.78, 5) is 55.5. The molecule has 0 spiro atoms. The van der Waals surface area contributed by atoms with Crippen LogP contribution >= 0.6 is 81.3 Å². The summed E-state index contributed by atoms with van der Waals surface area (Å²) in [6, 6.07) is 19.3. The van der Waals surface area contributed by atoms with E-state index in [0.29, 0.717) is 103 Å². The molecule has 0 unspecified atom stereocenters. The molecule has 0 atom stereocenters. The fourth-order valence-electron chi connectivity index (χ4n) is 6.73. The van der Waals surface area contributed by atoms with E-state index in [9.17, 15) is 34.6 Å². The number of anilines is 1. The number of primary amides is 1. The molecule has 88 heavy (non-hydrogen) atoms. The Bertz CT molecular complexity index is 4770. The third-order valence-corrected chi connectivity index (χ3v) is 15.3. The third-order valence-electron chi connectivity index (χ3n) is 10.8. The number of nitrogens with zero attached hydrogens (tertiary/aromatic N) is 21. The summed E-state index contributed by atoms with van der Waals surface area (Å²) in [6.07, 6.45) is 10.1. The molecule has 12 aromatic rings. The van der Waals surface area contributed by atoms with Crippen LogP contribution in [0.25, 0.3) is 44.3 Å². The molecule has 0 aliphatic carbocycles. The van der Waals surface area contributed by atoms with Gasteiger partial charge in [-0.15, -0.1) is 52.7 Å². The lowest BCUT2D eigenvalue weighted by molar-refractivity contribution is -0.114. The van der Waals surface area contributed by atoms with Crippen molar-refractivity contribution in [3.8, 4) is 29.1 Å². The molecule has 0 aliphatic heterocycles. The van der Waals surface area contributed by atoms with E-state index in [4.69, 9.17) is 22.4 Å². The van der Waals surface area contributed by atoms with Gasteiger partial charge in [-0.05, 0) is 132 Å². The molecule has 9 aromatic heterocycles. The second-order valence-corrected chi connectivity index (χ2v) is 21.8. The summed E-state index contributed by atoms with van der Waals surface area (Å²) in [5.41, 5.74) is 9.55.